The van der Waals surface area contributed by atoms with Crippen molar-refractivity contribution in [1.29, 1.82) is 0 Å². The van der Waals surface area contributed by atoms with Crippen molar-refractivity contribution >= 4 is 19.7 Å². The molecule has 0 aliphatic carbocycles. The molecule has 1 aromatic rings. The van der Waals surface area contributed by atoms with Crippen molar-refractivity contribution in [3.63, 3.8) is 0 Å². The molecule has 0 aliphatic rings. The lowest BCUT2D eigenvalue weighted by Gasteiger charge is -1.80. The minimum absolute atomic E-state index is 0.383. The summed E-state index contributed by atoms with van der Waals surface area (Å²) in [6.45, 7) is 1.58. The number of halogens is 1. The lowest BCUT2D eigenvalue weighted by atomic mass is 10.8. The van der Waals surface area contributed by atoms with Gasteiger partial charge in [0.15, 0.2) is 0 Å². The van der Waals surface area contributed by atoms with E-state index >= 15 is 0 Å². The average Bonchev–Trinajstić information content (AvgIpc) is 2.11. The average molecular weight is 182 g/mol. The summed E-state index contributed by atoms with van der Waals surface area (Å²) >= 11 is 0. The van der Waals surface area contributed by atoms with Gasteiger partial charge < -0.3 is 0 Å². The van der Waals surface area contributed by atoms with Gasteiger partial charge in [-0.25, -0.2) is 13.4 Å². The third-order valence-electron chi connectivity index (χ3n) is 0.795. The first-order valence-corrected chi connectivity index (χ1v) is 4.65. The van der Waals surface area contributed by atoms with Gasteiger partial charge in [0.05, 0.1) is 0 Å². The molecule has 0 radical (unpaired) electrons. The number of aryl methyl sites for hydroxylation is 1. The largest absolute Gasteiger partial charge is 0.298 e. The van der Waals surface area contributed by atoms with Gasteiger partial charge in [0.25, 0.3) is 14.2 Å². The first-order chi connectivity index (χ1) is 4.50. The van der Waals surface area contributed by atoms with Crippen LogP contribution in [0.1, 0.15) is 5.82 Å². The number of aromatic nitrogens is 3. The van der Waals surface area contributed by atoms with Crippen LogP contribution in [0.25, 0.3) is 0 Å². The third-order valence-corrected chi connectivity index (χ3v) is 1.83. The van der Waals surface area contributed by atoms with Crippen LogP contribution >= 0.6 is 10.7 Å². The monoisotopic (exact) mass is 181 g/mol. The van der Waals surface area contributed by atoms with Crippen LogP contribution in [-0.2, 0) is 9.05 Å². The Kier molecular flexibility index (Phi) is 1.65. The van der Waals surface area contributed by atoms with Gasteiger partial charge in [-0.1, -0.05) is 0 Å². The molecule has 0 bridgehead atoms. The molecule has 56 valence electrons. The first kappa shape index (κ1) is 7.49. The first-order valence-electron chi connectivity index (χ1n) is 2.34. The Balaban J connectivity index is 3.21. The SMILES string of the molecule is Cc1nc(S(=O)(=O)Cl)n[nH]1. The van der Waals surface area contributed by atoms with Crippen LogP contribution in [0.5, 0.6) is 0 Å². The number of H-pyrrole nitrogens is 1. The van der Waals surface area contributed by atoms with Gasteiger partial charge in [-0.2, -0.15) is 0 Å². The Morgan fingerprint density at radius 3 is 2.40 bits per heavy atom. The van der Waals surface area contributed by atoms with Gasteiger partial charge in [0.2, 0.25) is 0 Å². The minimum atomic E-state index is -3.76. The Labute approximate surface area is 61.8 Å². The van der Waals surface area contributed by atoms with Crippen molar-refractivity contribution in [3.05, 3.63) is 5.82 Å². The van der Waals surface area contributed by atoms with E-state index in [-0.39, 0.29) is 5.16 Å². The van der Waals surface area contributed by atoms with Gasteiger partial charge in [-0.15, -0.1) is 5.10 Å². The quantitative estimate of drug-likeness (QED) is 0.621. The molecular weight excluding hydrogens is 178 g/mol. The van der Waals surface area contributed by atoms with Crippen molar-refractivity contribution in [3.8, 4) is 0 Å². The van der Waals surface area contributed by atoms with Crippen molar-refractivity contribution < 1.29 is 8.42 Å². The van der Waals surface area contributed by atoms with E-state index in [1.54, 1.807) is 6.92 Å². The molecule has 0 fully saturated rings. The molecule has 0 saturated carbocycles. The summed E-state index contributed by atoms with van der Waals surface area (Å²) in [4.78, 5) is 3.50. The van der Waals surface area contributed by atoms with Crippen LogP contribution in [0.2, 0.25) is 0 Å². The lowest BCUT2D eigenvalue weighted by molar-refractivity contribution is 0.602. The van der Waals surface area contributed by atoms with Crippen molar-refractivity contribution in [1.82, 2.24) is 15.2 Å². The van der Waals surface area contributed by atoms with E-state index in [1.807, 2.05) is 0 Å². The van der Waals surface area contributed by atoms with Crippen molar-refractivity contribution in [2.75, 3.05) is 0 Å². The minimum Gasteiger partial charge on any atom is -0.262 e. The fraction of sp³-hybridized carbons (Fsp3) is 0.333. The second-order valence-electron chi connectivity index (χ2n) is 1.64. The number of aromatic amines is 1. The van der Waals surface area contributed by atoms with E-state index in [0.29, 0.717) is 5.82 Å². The predicted octanol–water partition coefficient (Wildman–Crippen LogP) is 0.0406. The number of hydrogen-bond acceptors (Lipinski definition) is 4. The smallest absolute Gasteiger partial charge is 0.262 e. The zero-order valence-electron chi connectivity index (χ0n) is 5.00. The fourth-order valence-electron chi connectivity index (χ4n) is 0.431. The van der Waals surface area contributed by atoms with Crippen LogP contribution in [0.4, 0.5) is 0 Å². The summed E-state index contributed by atoms with van der Waals surface area (Å²) in [6, 6.07) is 0. The van der Waals surface area contributed by atoms with E-state index in [1.165, 1.54) is 0 Å². The Bertz CT molecular complexity index is 329. The summed E-state index contributed by atoms with van der Waals surface area (Å²) in [6.07, 6.45) is 0. The molecule has 0 spiro atoms. The van der Waals surface area contributed by atoms with Gasteiger partial charge in [0.1, 0.15) is 5.82 Å². The van der Waals surface area contributed by atoms with Crippen LogP contribution in [0.3, 0.4) is 0 Å². The van der Waals surface area contributed by atoms with E-state index in [0.717, 1.165) is 0 Å². The molecule has 1 heterocycles. The van der Waals surface area contributed by atoms with Gasteiger partial charge >= 0.3 is 0 Å². The fourth-order valence-corrected chi connectivity index (χ4v) is 1.04. The molecule has 1 rings (SSSR count). The van der Waals surface area contributed by atoms with E-state index in [2.05, 4.69) is 15.2 Å². The number of nitrogens with one attached hydrogen (secondary N) is 1. The molecule has 1 aromatic heterocycles. The zero-order valence-corrected chi connectivity index (χ0v) is 6.57. The van der Waals surface area contributed by atoms with Gasteiger partial charge in [-0.3, -0.25) is 5.10 Å². The molecule has 10 heavy (non-hydrogen) atoms. The standard InChI is InChI=1S/C3H4ClN3O2S/c1-2-5-3(7-6-2)10(4,8)9/h1H3,(H,5,6,7). The molecule has 5 nitrogen and oxygen atoms in total. The lowest BCUT2D eigenvalue weighted by Crippen LogP contribution is -1.92. The molecule has 0 unspecified atom stereocenters. The molecular formula is C3H4ClN3O2S. The number of nitrogens with zero attached hydrogens (tertiary/aromatic N) is 2. The van der Waals surface area contributed by atoms with E-state index in [9.17, 15) is 8.42 Å². The van der Waals surface area contributed by atoms with Crippen LogP contribution < -0.4 is 0 Å². The molecule has 1 N–H and O–H groups in total. The van der Waals surface area contributed by atoms with Crippen LogP contribution in [0, 0.1) is 6.92 Å². The van der Waals surface area contributed by atoms with Gasteiger partial charge in [0, 0.05) is 10.7 Å². The topological polar surface area (TPSA) is 75.7 Å². The Hall–Kier alpha value is -0.620. The maximum absolute atomic E-state index is 10.5. The summed E-state index contributed by atoms with van der Waals surface area (Å²) in [7, 11) is 1.14. The number of rotatable bonds is 1. The summed E-state index contributed by atoms with van der Waals surface area (Å²) < 4.78 is 20.9. The predicted molar refractivity (Wildman–Crippen MR) is 34.2 cm³/mol. The third kappa shape index (κ3) is 1.45. The van der Waals surface area contributed by atoms with Crippen LogP contribution in [-0.4, -0.2) is 23.6 Å². The molecule has 0 aromatic carbocycles. The second kappa shape index (κ2) is 2.21. The van der Waals surface area contributed by atoms with Crippen LogP contribution in [0.15, 0.2) is 5.16 Å². The molecule has 0 amide bonds. The molecule has 7 heteroatoms. The Morgan fingerprint density at radius 1 is 1.60 bits per heavy atom. The maximum atomic E-state index is 10.5. The molecule has 0 atom stereocenters. The zero-order chi connectivity index (χ0) is 7.78. The summed E-state index contributed by atoms with van der Waals surface area (Å²) in [5.41, 5.74) is 0. The second-order valence-corrected chi connectivity index (χ2v) is 4.10. The van der Waals surface area contributed by atoms with Crippen molar-refractivity contribution in [2.45, 2.75) is 12.1 Å². The highest BCUT2D eigenvalue weighted by molar-refractivity contribution is 8.13. The maximum Gasteiger partial charge on any atom is 0.298 e. The Morgan fingerprint density at radius 2 is 2.20 bits per heavy atom. The highest BCUT2D eigenvalue weighted by Crippen LogP contribution is 2.07. The van der Waals surface area contributed by atoms with Gasteiger partial charge in [-0.05, 0) is 6.92 Å². The highest BCUT2D eigenvalue weighted by atomic mass is 35.7. The summed E-state index contributed by atoms with van der Waals surface area (Å²) in [5.74, 6) is 0.416. The normalized spacial score (nSPS) is 11.8. The van der Waals surface area contributed by atoms with E-state index in [4.69, 9.17) is 10.7 Å². The highest BCUT2D eigenvalue weighted by Gasteiger charge is 2.14. The van der Waals surface area contributed by atoms with E-state index < -0.39 is 9.05 Å². The summed E-state index contributed by atoms with van der Waals surface area (Å²) in [5, 5.41) is 5.30. The number of hydrogen-bond donors (Lipinski definition) is 1. The van der Waals surface area contributed by atoms with Crippen molar-refractivity contribution in [2.24, 2.45) is 0 Å². The molecule has 0 aliphatic heterocycles. The molecule has 0 saturated heterocycles.